The van der Waals surface area contributed by atoms with Crippen LogP contribution < -0.4 is 10.1 Å². The maximum Gasteiger partial charge on any atom is 0.255 e. The molecule has 0 radical (unpaired) electrons. The minimum absolute atomic E-state index is 0.0638. The fourth-order valence-electron chi connectivity index (χ4n) is 4.59. The van der Waals surface area contributed by atoms with Gasteiger partial charge in [-0.15, -0.1) is 0 Å². The molecule has 2 aromatic rings. The van der Waals surface area contributed by atoms with Crippen LogP contribution >= 0.6 is 0 Å². The molecular weight excluding hydrogens is 404 g/mol. The molecule has 1 fully saturated rings. The average Bonchev–Trinajstić information content (AvgIpc) is 2.83. The fraction of sp³-hybridized carbons (Fsp3) is 0.500. The van der Waals surface area contributed by atoms with Crippen molar-refractivity contribution in [3.05, 3.63) is 58.7 Å². The molecule has 4 rings (SSSR count). The molecule has 0 unspecified atom stereocenters. The third-order valence-corrected chi connectivity index (χ3v) is 6.58. The lowest BCUT2D eigenvalue weighted by Crippen LogP contribution is -2.38. The van der Waals surface area contributed by atoms with Crippen LogP contribution in [0, 0.1) is 0 Å². The van der Waals surface area contributed by atoms with Gasteiger partial charge in [-0.25, -0.2) is 0 Å². The first-order chi connectivity index (χ1) is 15.6. The van der Waals surface area contributed by atoms with E-state index in [1.165, 1.54) is 5.56 Å². The molecule has 1 saturated heterocycles. The van der Waals surface area contributed by atoms with E-state index < -0.39 is 0 Å². The second-order valence-electron chi connectivity index (χ2n) is 8.85. The molecule has 0 aromatic heterocycles. The lowest BCUT2D eigenvalue weighted by molar-refractivity contribution is 0.0392. The Bertz CT molecular complexity index is 924. The van der Waals surface area contributed by atoms with E-state index in [0.717, 1.165) is 75.2 Å². The monoisotopic (exact) mass is 438 g/mol. The number of hydrogen-bond acceptors (Lipinski definition) is 5. The van der Waals surface area contributed by atoms with Crippen molar-refractivity contribution in [2.45, 2.75) is 51.1 Å². The first kappa shape index (κ1) is 22.6. The number of benzene rings is 2. The Kier molecular flexibility index (Phi) is 7.66. The van der Waals surface area contributed by atoms with Crippen molar-refractivity contribution in [2.24, 2.45) is 0 Å². The summed E-state index contributed by atoms with van der Waals surface area (Å²) in [5, 5.41) is 13.3. The number of phenolic OH excluding ortho intramolecular Hbond substituents is 1. The zero-order valence-electron chi connectivity index (χ0n) is 18.9. The predicted octanol–water partition coefficient (Wildman–Crippen LogP) is 3.69. The first-order valence-corrected chi connectivity index (χ1v) is 11.7. The number of ether oxygens (including phenoxy) is 2. The van der Waals surface area contributed by atoms with Crippen LogP contribution in [0.25, 0.3) is 0 Å². The van der Waals surface area contributed by atoms with Crippen molar-refractivity contribution >= 4 is 5.91 Å². The van der Waals surface area contributed by atoms with Crippen LogP contribution in [0.1, 0.15) is 52.7 Å². The van der Waals surface area contributed by atoms with Crippen LogP contribution in [0.5, 0.6) is 11.5 Å². The summed E-state index contributed by atoms with van der Waals surface area (Å²) in [4.78, 5) is 15.0. The Labute approximate surface area is 190 Å². The molecule has 0 spiro atoms. The summed E-state index contributed by atoms with van der Waals surface area (Å²) in [6.45, 7) is 3.55. The van der Waals surface area contributed by atoms with E-state index in [4.69, 9.17) is 9.47 Å². The van der Waals surface area contributed by atoms with Gasteiger partial charge in [0.1, 0.15) is 18.1 Å². The van der Waals surface area contributed by atoms with Gasteiger partial charge in [0, 0.05) is 32.3 Å². The minimum Gasteiger partial charge on any atom is -0.507 e. The number of nitrogens with zero attached hydrogens (tertiary/aromatic N) is 1. The Morgan fingerprint density at radius 3 is 2.69 bits per heavy atom. The standard InChI is InChI=1S/C26H34N2O4/c1-28(22-9-12-31-13-10-22)11-14-32-23-8-4-5-19(15-23)18-27-26(30)24-16-20-6-2-3-7-21(20)17-25(24)29/h4-5,8,15-17,22,29H,2-3,6-7,9-14,18H2,1H3,(H,27,30). The number of amides is 1. The lowest BCUT2D eigenvalue weighted by atomic mass is 9.90. The van der Waals surface area contributed by atoms with Gasteiger partial charge in [-0.2, -0.15) is 0 Å². The number of likely N-dealkylation sites (N-methyl/N-ethyl adjacent to an activating group) is 1. The van der Waals surface area contributed by atoms with E-state index in [9.17, 15) is 9.90 Å². The minimum atomic E-state index is -0.250. The summed E-state index contributed by atoms with van der Waals surface area (Å²) in [5.41, 5.74) is 3.67. The van der Waals surface area contributed by atoms with Crippen LogP contribution in [0.4, 0.5) is 0 Å². The average molecular weight is 439 g/mol. The van der Waals surface area contributed by atoms with Gasteiger partial charge in [0.15, 0.2) is 0 Å². The quantitative estimate of drug-likeness (QED) is 0.658. The zero-order chi connectivity index (χ0) is 22.3. The molecular formula is C26H34N2O4. The molecule has 1 aliphatic carbocycles. The highest BCUT2D eigenvalue weighted by atomic mass is 16.5. The maximum atomic E-state index is 12.7. The number of phenols is 1. The topological polar surface area (TPSA) is 71.0 Å². The molecule has 2 aliphatic rings. The van der Waals surface area contributed by atoms with Crippen LogP contribution in [-0.2, 0) is 24.1 Å². The third kappa shape index (κ3) is 5.81. The van der Waals surface area contributed by atoms with Crippen molar-refractivity contribution in [3.8, 4) is 11.5 Å². The Hall–Kier alpha value is -2.57. The zero-order valence-corrected chi connectivity index (χ0v) is 18.9. The number of carbonyl (C=O) groups is 1. The molecule has 0 atom stereocenters. The summed E-state index contributed by atoms with van der Waals surface area (Å²) in [5.74, 6) is 0.614. The smallest absolute Gasteiger partial charge is 0.255 e. The highest BCUT2D eigenvalue weighted by molar-refractivity contribution is 5.97. The molecule has 2 aromatic carbocycles. The second kappa shape index (κ2) is 10.8. The molecule has 0 bridgehead atoms. The predicted molar refractivity (Wildman–Crippen MR) is 124 cm³/mol. The van der Waals surface area contributed by atoms with Crippen molar-refractivity contribution in [1.82, 2.24) is 10.2 Å². The van der Waals surface area contributed by atoms with Gasteiger partial charge in [-0.05, 0) is 86.5 Å². The molecule has 32 heavy (non-hydrogen) atoms. The van der Waals surface area contributed by atoms with Crippen LogP contribution in [0.15, 0.2) is 36.4 Å². The molecule has 0 saturated carbocycles. The summed E-state index contributed by atoms with van der Waals surface area (Å²) in [6.07, 6.45) is 6.37. The van der Waals surface area contributed by atoms with Crippen LogP contribution in [0.3, 0.4) is 0 Å². The maximum absolute atomic E-state index is 12.7. The number of fused-ring (bicyclic) bond motifs is 1. The molecule has 1 amide bonds. The molecule has 6 heteroatoms. The summed E-state index contributed by atoms with van der Waals surface area (Å²) >= 11 is 0. The SMILES string of the molecule is CN(CCOc1cccc(CNC(=O)c2cc3c(cc2O)CCCC3)c1)C1CCOCC1. The van der Waals surface area contributed by atoms with Gasteiger partial charge in [-0.1, -0.05) is 12.1 Å². The second-order valence-corrected chi connectivity index (χ2v) is 8.85. The van der Waals surface area contributed by atoms with E-state index in [0.29, 0.717) is 24.8 Å². The van der Waals surface area contributed by atoms with Gasteiger partial charge < -0.3 is 19.9 Å². The summed E-state index contributed by atoms with van der Waals surface area (Å²) in [6, 6.07) is 12.0. The first-order valence-electron chi connectivity index (χ1n) is 11.7. The van der Waals surface area contributed by atoms with Crippen molar-refractivity contribution in [2.75, 3.05) is 33.4 Å². The normalized spacial score (nSPS) is 16.6. The van der Waals surface area contributed by atoms with Gasteiger partial charge in [-0.3, -0.25) is 9.69 Å². The third-order valence-electron chi connectivity index (χ3n) is 6.58. The Morgan fingerprint density at radius 2 is 1.91 bits per heavy atom. The number of carbonyl (C=O) groups excluding carboxylic acids is 1. The van der Waals surface area contributed by atoms with Gasteiger partial charge in [0.05, 0.1) is 5.56 Å². The Balaban J connectivity index is 1.28. The number of rotatable bonds is 8. The highest BCUT2D eigenvalue weighted by Crippen LogP contribution is 2.28. The van der Waals surface area contributed by atoms with Gasteiger partial charge in [0.25, 0.3) is 5.91 Å². The van der Waals surface area contributed by atoms with E-state index >= 15 is 0 Å². The summed E-state index contributed by atoms with van der Waals surface area (Å²) in [7, 11) is 2.14. The van der Waals surface area contributed by atoms with Crippen LogP contribution in [-0.4, -0.2) is 55.4 Å². The number of hydrogen-bond donors (Lipinski definition) is 2. The largest absolute Gasteiger partial charge is 0.507 e. The Morgan fingerprint density at radius 1 is 1.16 bits per heavy atom. The molecule has 2 N–H and O–H groups in total. The number of aromatic hydroxyl groups is 1. The van der Waals surface area contributed by atoms with Crippen molar-refractivity contribution in [3.63, 3.8) is 0 Å². The molecule has 172 valence electrons. The van der Waals surface area contributed by atoms with Gasteiger partial charge >= 0.3 is 0 Å². The lowest BCUT2D eigenvalue weighted by Gasteiger charge is -2.31. The van der Waals surface area contributed by atoms with Gasteiger partial charge in [0.2, 0.25) is 0 Å². The van der Waals surface area contributed by atoms with E-state index in [1.54, 1.807) is 6.07 Å². The van der Waals surface area contributed by atoms with E-state index in [-0.39, 0.29) is 11.7 Å². The number of aryl methyl sites for hydroxylation is 2. The van der Waals surface area contributed by atoms with E-state index in [1.807, 2.05) is 30.3 Å². The van der Waals surface area contributed by atoms with Crippen molar-refractivity contribution in [1.29, 1.82) is 0 Å². The van der Waals surface area contributed by atoms with E-state index in [2.05, 4.69) is 17.3 Å². The fourth-order valence-corrected chi connectivity index (χ4v) is 4.59. The van der Waals surface area contributed by atoms with Crippen molar-refractivity contribution < 1.29 is 19.4 Å². The summed E-state index contributed by atoms with van der Waals surface area (Å²) < 4.78 is 11.4. The molecule has 6 nitrogen and oxygen atoms in total. The highest BCUT2D eigenvalue weighted by Gasteiger charge is 2.19. The van der Waals surface area contributed by atoms with Crippen LogP contribution in [0.2, 0.25) is 0 Å². The molecule has 1 heterocycles. The number of nitrogens with one attached hydrogen (secondary N) is 1. The molecule has 1 aliphatic heterocycles.